The van der Waals surface area contributed by atoms with Crippen molar-refractivity contribution in [3.8, 4) is 6.07 Å². The molecule has 6 heteroatoms. The van der Waals surface area contributed by atoms with Gasteiger partial charge in [0.1, 0.15) is 0 Å². The van der Waals surface area contributed by atoms with E-state index in [0.717, 1.165) is 6.42 Å². The molecule has 0 bridgehead atoms. The molecule has 2 atom stereocenters. The van der Waals surface area contributed by atoms with Gasteiger partial charge in [-0.25, -0.2) is 0 Å². The summed E-state index contributed by atoms with van der Waals surface area (Å²) < 4.78 is 0.606. The first-order chi connectivity index (χ1) is 9.52. The molecule has 1 aromatic rings. The fourth-order valence-corrected chi connectivity index (χ4v) is 2.96. The molecule has 2 rings (SSSR count). The zero-order valence-electron chi connectivity index (χ0n) is 10.6. The zero-order valence-corrected chi connectivity index (χ0v) is 12.2. The van der Waals surface area contributed by atoms with Crippen molar-refractivity contribution < 1.29 is 14.7 Å². The first-order valence-corrected chi connectivity index (χ1v) is 7.05. The van der Waals surface area contributed by atoms with E-state index in [1.807, 2.05) is 6.07 Å². The minimum atomic E-state index is -0.915. The van der Waals surface area contributed by atoms with Gasteiger partial charge in [-0.2, -0.15) is 5.26 Å². The van der Waals surface area contributed by atoms with Gasteiger partial charge in [0.2, 0.25) is 5.91 Å². The van der Waals surface area contributed by atoms with Crippen molar-refractivity contribution in [1.29, 1.82) is 5.26 Å². The van der Waals surface area contributed by atoms with Crippen LogP contribution in [0.25, 0.3) is 0 Å². The fraction of sp³-hybridized carbons (Fsp3) is 0.357. The van der Waals surface area contributed by atoms with E-state index in [9.17, 15) is 9.59 Å². The van der Waals surface area contributed by atoms with Crippen LogP contribution in [-0.2, 0) is 9.59 Å². The molecule has 1 aliphatic carbocycles. The predicted octanol–water partition coefficient (Wildman–Crippen LogP) is 2.76. The predicted molar refractivity (Wildman–Crippen MR) is 76.0 cm³/mol. The van der Waals surface area contributed by atoms with Gasteiger partial charge >= 0.3 is 5.97 Å². The van der Waals surface area contributed by atoms with Crippen LogP contribution in [0.2, 0.25) is 0 Å². The second kappa shape index (κ2) is 6.06. The number of carboxylic acid groups (broad SMARTS) is 1. The van der Waals surface area contributed by atoms with Crippen LogP contribution in [0.3, 0.4) is 0 Å². The Balaban J connectivity index is 2.12. The molecule has 104 valence electrons. The molecule has 2 N–H and O–H groups in total. The summed E-state index contributed by atoms with van der Waals surface area (Å²) in [5, 5.41) is 20.6. The van der Waals surface area contributed by atoms with E-state index in [2.05, 4.69) is 21.2 Å². The Morgan fingerprint density at radius 1 is 1.35 bits per heavy atom. The molecule has 0 aliphatic heterocycles. The molecule has 0 aromatic heterocycles. The number of hydrogen-bond acceptors (Lipinski definition) is 3. The number of nitrogens with zero attached hydrogens (tertiary/aromatic N) is 1. The lowest BCUT2D eigenvalue weighted by Crippen LogP contribution is -2.30. The second-order valence-electron chi connectivity index (χ2n) is 4.78. The molecule has 1 aromatic carbocycles. The normalized spacial score (nSPS) is 21.2. The number of nitriles is 1. The summed E-state index contributed by atoms with van der Waals surface area (Å²) in [5.74, 6) is -2.29. The largest absolute Gasteiger partial charge is 0.481 e. The second-order valence-corrected chi connectivity index (χ2v) is 5.63. The maximum absolute atomic E-state index is 12.2. The van der Waals surface area contributed by atoms with E-state index in [1.54, 1.807) is 18.2 Å². The van der Waals surface area contributed by atoms with Crippen molar-refractivity contribution in [2.24, 2.45) is 11.8 Å². The molecule has 0 spiro atoms. The number of benzene rings is 1. The Hall–Kier alpha value is -1.87. The van der Waals surface area contributed by atoms with Crippen LogP contribution in [0.15, 0.2) is 22.7 Å². The third-order valence-corrected chi connectivity index (χ3v) is 4.18. The molecular weight excluding hydrogens is 324 g/mol. The van der Waals surface area contributed by atoms with Gasteiger partial charge in [-0.05, 0) is 47.0 Å². The molecule has 0 radical (unpaired) electrons. The maximum Gasteiger partial charge on any atom is 0.307 e. The molecule has 20 heavy (non-hydrogen) atoms. The summed E-state index contributed by atoms with van der Waals surface area (Å²) in [6.45, 7) is 0. The van der Waals surface area contributed by atoms with Gasteiger partial charge in [-0.15, -0.1) is 0 Å². The highest BCUT2D eigenvalue weighted by Crippen LogP contribution is 2.33. The topological polar surface area (TPSA) is 90.2 Å². The van der Waals surface area contributed by atoms with Crippen molar-refractivity contribution >= 4 is 33.5 Å². The van der Waals surface area contributed by atoms with Crippen molar-refractivity contribution in [1.82, 2.24) is 0 Å². The number of amides is 1. The number of carbonyl (C=O) groups excluding carboxylic acids is 1. The van der Waals surface area contributed by atoms with Crippen LogP contribution in [0.1, 0.15) is 24.8 Å². The number of halogens is 1. The third kappa shape index (κ3) is 2.99. The third-order valence-electron chi connectivity index (χ3n) is 3.53. The Labute approximate surface area is 124 Å². The quantitative estimate of drug-likeness (QED) is 0.887. The highest BCUT2D eigenvalue weighted by molar-refractivity contribution is 9.10. The van der Waals surface area contributed by atoms with Crippen LogP contribution in [-0.4, -0.2) is 17.0 Å². The standard InChI is InChI=1S/C14H13BrN2O3/c15-11-6-8(7-16)4-5-12(11)17-13(18)9-2-1-3-10(9)14(19)20/h4-6,9-10H,1-3H2,(H,17,18)(H,19,20)/t9-,10+/m1/s1. The van der Waals surface area contributed by atoms with Crippen molar-refractivity contribution in [3.63, 3.8) is 0 Å². The van der Waals surface area contributed by atoms with E-state index < -0.39 is 17.8 Å². The average Bonchev–Trinajstić information content (AvgIpc) is 2.90. The van der Waals surface area contributed by atoms with E-state index in [1.165, 1.54) is 0 Å². The van der Waals surface area contributed by atoms with Crippen molar-refractivity contribution in [2.75, 3.05) is 5.32 Å². The van der Waals surface area contributed by atoms with Crippen LogP contribution in [0.5, 0.6) is 0 Å². The highest BCUT2D eigenvalue weighted by Gasteiger charge is 2.37. The molecule has 1 amide bonds. The minimum Gasteiger partial charge on any atom is -0.481 e. The summed E-state index contributed by atoms with van der Waals surface area (Å²) >= 11 is 3.29. The molecule has 0 unspecified atom stereocenters. The van der Waals surface area contributed by atoms with Gasteiger partial charge in [0.25, 0.3) is 0 Å². The Bertz CT molecular complexity index is 595. The molecule has 0 heterocycles. The number of aliphatic carboxylic acids is 1. The molecule has 5 nitrogen and oxygen atoms in total. The van der Waals surface area contributed by atoms with Gasteiger partial charge in [0.05, 0.1) is 29.2 Å². The lowest BCUT2D eigenvalue weighted by atomic mass is 9.95. The first kappa shape index (κ1) is 14.5. The number of anilines is 1. The average molecular weight is 337 g/mol. The Morgan fingerprint density at radius 3 is 2.65 bits per heavy atom. The van der Waals surface area contributed by atoms with E-state index >= 15 is 0 Å². The summed E-state index contributed by atoms with van der Waals surface area (Å²) in [5.41, 5.74) is 1.03. The minimum absolute atomic E-state index is 0.277. The Kier molecular flexibility index (Phi) is 4.40. The van der Waals surface area contributed by atoms with Crippen molar-refractivity contribution in [2.45, 2.75) is 19.3 Å². The molecule has 1 saturated carbocycles. The van der Waals surface area contributed by atoms with Gasteiger partial charge in [0.15, 0.2) is 0 Å². The van der Waals surface area contributed by atoms with Gasteiger partial charge < -0.3 is 10.4 Å². The van der Waals surface area contributed by atoms with Gasteiger partial charge in [-0.3, -0.25) is 9.59 Å². The molecule has 1 aliphatic rings. The van der Waals surface area contributed by atoms with Crippen LogP contribution >= 0.6 is 15.9 Å². The summed E-state index contributed by atoms with van der Waals surface area (Å²) in [4.78, 5) is 23.3. The summed E-state index contributed by atoms with van der Waals surface area (Å²) in [6.07, 6.45) is 1.89. The van der Waals surface area contributed by atoms with Crippen LogP contribution in [0, 0.1) is 23.2 Å². The summed E-state index contributed by atoms with van der Waals surface area (Å²) in [6, 6.07) is 6.85. The Morgan fingerprint density at radius 2 is 2.05 bits per heavy atom. The number of hydrogen-bond donors (Lipinski definition) is 2. The van der Waals surface area contributed by atoms with E-state index in [4.69, 9.17) is 10.4 Å². The zero-order chi connectivity index (χ0) is 14.7. The van der Waals surface area contributed by atoms with Crippen LogP contribution < -0.4 is 5.32 Å². The van der Waals surface area contributed by atoms with Gasteiger partial charge in [-0.1, -0.05) is 6.42 Å². The highest BCUT2D eigenvalue weighted by atomic mass is 79.9. The van der Waals surface area contributed by atoms with Crippen molar-refractivity contribution in [3.05, 3.63) is 28.2 Å². The molecule has 1 fully saturated rings. The monoisotopic (exact) mass is 336 g/mol. The molecule has 0 saturated heterocycles. The smallest absolute Gasteiger partial charge is 0.307 e. The maximum atomic E-state index is 12.2. The van der Waals surface area contributed by atoms with Gasteiger partial charge in [0, 0.05) is 4.47 Å². The lowest BCUT2D eigenvalue weighted by Gasteiger charge is -2.16. The van der Waals surface area contributed by atoms with E-state index in [0.29, 0.717) is 28.6 Å². The number of nitrogens with one attached hydrogen (secondary N) is 1. The first-order valence-electron chi connectivity index (χ1n) is 6.26. The SMILES string of the molecule is N#Cc1ccc(NC(=O)[C@@H]2CCC[C@@H]2C(=O)O)c(Br)c1. The lowest BCUT2D eigenvalue weighted by molar-refractivity contribution is -0.145. The number of rotatable bonds is 3. The van der Waals surface area contributed by atoms with Crippen LogP contribution in [0.4, 0.5) is 5.69 Å². The summed E-state index contributed by atoms with van der Waals surface area (Å²) in [7, 11) is 0. The molecular formula is C14H13BrN2O3. The fourth-order valence-electron chi connectivity index (χ4n) is 2.48. The van der Waals surface area contributed by atoms with E-state index in [-0.39, 0.29) is 5.91 Å². The number of carboxylic acids is 1. The number of carbonyl (C=O) groups is 2.